The quantitative estimate of drug-likeness (QED) is 0.901. The molecule has 0 radical (unpaired) electrons. The second-order valence-corrected chi connectivity index (χ2v) is 7.06. The number of benzene rings is 1. The molecule has 2 fully saturated rings. The summed E-state index contributed by atoms with van der Waals surface area (Å²) in [5.41, 5.74) is 0.379. The smallest absolute Gasteiger partial charge is 0.289 e. The molecule has 2 aromatic rings. The van der Waals surface area contributed by atoms with Gasteiger partial charge in [0.15, 0.2) is 5.76 Å². The Morgan fingerprint density at radius 1 is 1.12 bits per heavy atom. The number of hydrogen-bond donors (Lipinski definition) is 1. The fourth-order valence-corrected chi connectivity index (χ4v) is 3.36. The third kappa shape index (κ3) is 3.76. The molecule has 1 amide bonds. The number of carbonyl (C=O) groups is 1. The Morgan fingerprint density at radius 2 is 1.88 bits per heavy atom. The first-order chi connectivity index (χ1) is 12.2. The molecule has 4 nitrogen and oxygen atoms in total. The first-order valence-corrected chi connectivity index (χ1v) is 9.08. The lowest BCUT2D eigenvalue weighted by Gasteiger charge is -2.32. The highest BCUT2D eigenvalue weighted by molar-refractivity contribution is 5.92. The van der Waals surface area contributed by atoms with Crippen molar-refractivity contribution in [2.75, 3.05) is 19.6 Å². The Labute approximate surface area is 147 Å². The van der Waals surface area contributed by atoms with Crippen LogP contribution in [0.3, 0.4) is 0 Å². The number of carbonyl (C=O) groups excluding carboxylic acids is 1. The zero-order valence-corrected chi connectivity index (χ0v) is 14.2. The summed E-state index contributed by atoms with van der Waals surface area (Å²) in [5, 5.41) is 3.61. The van der Waals surface area contributed by atoms with Gasteiger partial charge >= 0.3 is 0 Å². The monoisotopic (exact) mass is 342 g/mol. The van der Waals surface area contributed by atoms with E-state index in [0.29, 0.717) is 17.4 Å². The summed E-state index contributed by atoms with van der Waals surface area (Å²) in [5.74, 6) is 1.09. The largest absolute Gasteiger partial charge is 0.451 e. The lowest BCUT2D eigenvalue weighted by molar-refractivity contribution is 0.0673. The molecule has 132 valence electrons. The number of nitrogens with one attached hydrogen (secondary N) is 1. The van der Waals surface area contributed by atoms with Crippen molar-refractivity contribution in [2.24, 2.45) is 5.92 Å². The van der Waals surface area contributed by atoms with Gasteiger partial charge in [-0.25, -0.2) is 4.39 Å². The van der Waals surface area contributed by atoms with Crippen LogP contribution in [0.1, 0.15) is 36.2 Å². The van der Waals surface area contributed by atoms with Crippen molar-refractivity contribution in [3.63, 3.8) is 0 Å². The maximum atomic E-state index is 13.9. The summed E-state index contributed by atoms with van der Waals surface area (Å²) < 4.78 is 19.5. The summed E-state index contributed by atoms with van der Waals surface area (Å²) in [6.07, 6.45) is 4.65. The number of furan rings is 1. The molecule has 1 N–H and O–H groups in total. The lowest BCUT2D eigenvalue weighted by atomic mass is 10.0. The standard InChI is InChI=1S/C20H23FN2O2/c21-17-4-2-1-3-16(17)18-7-8-19(25-18)20(24)23-11-9-15(10-12-23)22-13-14-5-6-14/h1-4,7-8,14-15,22H,5-6,9-13H2. The Hall–Kier alpha value is -2.14. The number of likely N-dealkylation sites (tertiary alicyclic amines) is 1. The van der Waals surface area contributed by atoms with Crippen LogP contribution in [0.25, 0.3) is 11.3 Å². The molecule has 1 aliphatic heterocycles. The Bertz CT molecular complexity index is 746. The first kappa shape index (κ1) is 16.3. The molecule has 0 bridgehead atoms. The van der Waals surface area contributed by atoms with Crippen LogP contribution in [0.4, 0.5) is 4.39 Å². The molecule has 1 saturated carbocycles. The van der Waals surface area contributed by atoms with E-state index >= 15 is 0 Å². The van der Waals surface area contributed by atoms with E-state index in [1.165, 1.54) is 18.9 Å². The van der Waals surface area contributed by atoms with E-state index in [1.807, 2.05) is 4.90 Å². The van der Waals surface area contributed by atoms with E-state index in [0.717, 1.165) is 38.4 Å². The number of hydrogen-bond acceptors (Lipinski definition) is 3. The van der Waals surface area contributed by atoms with E-state index in [1.54, 1.807) is 30.3 Å². The van der Waals surface area contributed by atoms with Crippen LogP contribution in [0.2, 0.25) is 0 Å². The maximum Gasteiger partial charge on any atom is 0.289 e. The predicted molar refractivity (Wildman–Crippen MR) is 93.8 cm³/mol. The second-order valence-electron chi connectivity index (χ2n) is 7.06. The van der Waals surface area contributed by atoms with Crippen LogP contribution in [-0.4, -0.2) is 36.5 Å². The van der Waals surface area contributed by atoms with Gasteiger partial charge in [0.1, 0.15) is 11.6 Å². The average molecular weight is 342 g/mol. The van der Waals surface area contributed by atoms with Gasteiger partial charge < -0.3 is 14.6 Å². The highest BCUT2D eigenvalue weighted by atomic mass is 19.1. The minimum absolute atomic E-state index is 0.108. The highest BCUT2D eigenvalue weighted by Gasteiger charge is 2.27. The normalized spacial score (nSPS) is 18.5. The summed E-state index contributed by atoms with van der Waals surface area (Å²) in [7, 11) is 0. The molecule has 1 saturated heterocycles. The van der Waals surface area contributed by atoms with Gasteiger partial charge in [0.05, 0.1) is 5.56 Å². The van der Waals surface area contributed by atoms with Crippen LogP contribution in [0.15, 0.2) is 40.8 Å². The number of rotatable bonds is 5. The number of piperidine rings is 1. The highest BCUT2D eigenvalue weighted by Crippen LogP contribution is 2.28. The Balaban J connectivity index is 1.36. The molecule has 1 aromatic heterocycles. The van der Waals surface area contributed by atoms with E-state index < -0.39 is 0 Å². The van der Waals surface area contributed by atoms with Crippen molar-refractivity contribution < 1.29 is 13.6 Å². The topological polar surface area (TPSA) is 45.5 Å². The molecule has 1 aromatic carbocycles. The molecule has 5 heteroatoms. The molecule has 4 rings (SSSR count). The van der Waals surface area contributed by atoms with Crippen molar-refractivity contribution in [3.05, 3.63) is 48.0 Å². The van der Waals surface area contributed by atoms with Gasteiger partial charge in [-0.3, -0.25) is 4.79 Å². The Kier molecular flexibility index (Phi) is 4.57. The van der Waals surface area contributed by atoms with Crippen molar-refractivity contribution in [1.82, 2.24) is 10.2 Å². The molecular formula is C20H23FN2O2. The zero-order valence-electron chi connectivity index (χ0n) is 14.2. The van der Waals surface area contributed by atoms with Crippen LogP contribution >= 0.6 is 0 Å². The SMILES string of the molecule is O=C(c1ccc(-c2ccccc2F)o1)N1CCC(NCC2CC2)CC1. The number of amides is 1. The fraction of sp³-hybridized carbons (Fsp3) is 0.450. The summed E-state index contributed by atoms with van der Waals surface area (Å²) >= 11 is 0. The predicted octanol–water partition coefficient (Wildman–Crippen LogP) is 3.69. The van der Waals surface area contributed by atoms with Gasteiger partial charge in [-0.2, -0.15) is 0 Å². The van der Waals surface area contributed by atoms with Gasteiger partial charge in [-0.05, 0) is 62.4 Å². The van der Waals surface area contributed by atoms with Gasteiger partial charge in [-0.1, -0.05) is 12.1 Å². The van der Waals surface area contributed by atoms with Crippen LogP contribution in [0.5, 0.6) is 0 Å². The minimum atomic E-state index is -0.349. The molecule has 2 heterocycles. The summed E-state index contributed by atoms with van der Waals surface area (Å²) in [4.78, 5) is 14.5. The minimum Gasteiger partial charge on any atom is -0.451 e. The molecule has 0 atom stereocenters. The molecule has 0 spiro atoms. The molecule has 2 aliphatic rings. The van der Waals surface area contributed by atoms with Crippen molar-refractivity contribution in [2.45, 2.75) is 31.7 Å². The summed E-state index contributed by atoms with van der Waals surface area (Å²) in [6, 6.07) is 10.2. The third-order valence-corrected chi connectivity index (χ3v) is 5.13. The van der Waals surface area contributed by atoms with E-state index in [4.69, 9.17) is 4.42 Å². The van der Waals surface area contributed by atoms with Gasteiger partial charge in [0, 0.05) is 19.1 Å². The van der Waals surface area contributed by atoms with Gasteiger partial charge in [-0.15, -0.1) is 0 Å². The fourth-order valence-electron chi connectivity index (χ4n) is 3.36. The van der Waals surface area contributed by atoms with E-state index in [2.05, 4.69) is 5.32 Å². The number of nitrogens with zero attached hydrogens (tertiary/aromatic N) is 1. The van der Waals surface area contributed by atoms with Crippen LogP contribution in [-0.2, 0) is 0 Å². The van der Waals surface area contributed by atoms with Crippen molar-refractivity contribution in [3.8, 4) is 11.3 Å². The Morgan fingerprint density at radius 3 is 2.60 bits per heavy atom. The molecule has 25 heavy (non-hydrogen) atoms. The molecule has 0 unspecified atom stereocenters. The maximum absolute atomic E-state index is 13.9. The van der Waals surface area contributed by atoms with Crippen LogP contribution in [0, 0.1) is 11.7 Å². The molecule has 1 aliphatic carbocycles. The lowest BCUT2D eigenvalue weighted by Crippen LogP contribution is -2.45. The van der Waals surface area contributed by atoms with Crippen molar-refractivity contribution in [1.29, 1.82) is 0 Å². The van der Waals surface area contributed by atoms with Crippen molar-refractivity contribution >= 4 is 5.91 Å². The summed E-state index contributed by atoms with van der Waals surface area (Å²) in [6.45, 7) is 2.58. The van der Waals surface area contributed by atoms with Gasteiger partial charge in [0.25, 0.3) is 5.91 Å². The third-order valence-electron chi connectivity index (χ3n) is 5.13. The molecular weight excluding hydrogens is 319 g/mol. The zero-order chi connectivity index (χ0) is 17.2. The van der Waals surface area contributed by atoms with E-state index in [-0.39, 0.29) is 17.5 Å². The van der Waals surface area contributed by atoms with Crippen LogP contribution < -0.4 is 5.32 Å². The second kappa shape index (κ2) is 7.00. The van der Waals surface area contributed by atoms with E-state index in [9.17, 15) is 9.18 Å². The average Bonchev–Trinajstić information content (AvgIpc) is 3.35. The first-order valence-electron chi connectivity index (χ1n) is 9.08. The van der Waals surface area contributed by atoms with Gasteiger partial charge in [0.2, 0.25) is 0 Å². The number of halogens is 1.